The van der Waals surface area contributed by atoms with Crippen molar-refractivity contribution in [3.63, 3.8) is 0 Å². The minimum absolute atomic E-state index is 0.702. The third-order valence-electron chi connectivity index (χ3n) is 10.3. The lowest BCUT2D eigenvalue weighted by atomic mass is 9.91. The predicted octanol–water partition coefficient (Wildman–Crippen LogP) is 13.3. The molecule has 10 rings (SSSR count). The van der Waals surface area contributed by atoms with Crippen LogP contribution in [-0.2, 0) is 0 Å². The highest BCUT2D eigenvalue weighted by Crippen LogP contribution is 2.49. The van der Waals surface area contributed by atoms with Gasteiger partial charge in [-0.1, -0.05) is 182 Å². The molecule has 0 bridgehead atoms. The molecular weight excluding hydrogens is 629 g/mol. The van der Waals surface area contributed by atoms with Crippen molar-refractivity contribution in [3.8, 4) is 89.5 Å². The van der Waals surface area contributed by atoms with E-state index in [1.54, 1.807) is 0 Å². The van der Waals surface area contributed by atoms with Crippen LogP contribution in [0.3, 0.4) is 0 Å². The van der Waals surface area contributed by atoms with Gasteiger partial charge in [0, 0.05) is 16.7 Å². The zero-order valence-corrected chi connectivity index (χ0v) is 28.4. The van der Waals surface area contributed by atoms with Gasteiger partial charge in [-0.25, -0.2) is 9.97 Å². The molecule has 1 aliphatic rings. The lowest BCUT2D eigenvalue weighted by Crippen LogP contribution is -1.97. The number of aromatic nitrogens is 2. The molecule has 0 spiro atoms. The van der Waals surface area contributed by atoms with E-state index in [0.717, 1.165) is 39.2 Å². The summed E-state index contributed by atoms with van der Waals surface area (Å²) in [6.07, 6.45) is 0. The van der Waals surface area contributed by atoms with Gasteiger partial charge in [0.05, 0.1) is 11.4 Å². The second kappa shape index (κ2) is 12.5. The molecule has 0 radical (unpaired) electrons. The maximum atomic E-state index is 5.24. The first-order valence-corrected chi connectivity index (χ1v) is 17.7. The van der Waals surface area contributed by atoms with E-state index in [-0.39, 0.29) is 0 Å². The smallest absolute Gasteiger partial charge is 0.160 e. The summed E-state index contributed by atoms with van der Waals surface area (Å²) >= 11 is 0. The first kappa shape index (κ1) is 30.0. The first-order chi connectivity index (χ1) is 25.8. The second-order valence-electron chi connectivity index (χ2n) is 13.3. The van der Waals surface area contributed by atoms with Gasteiger partial charge in [0.1, 0.15) is 0 Å². The van der Waals surface area contributed by atoms with Gasteiger partial charge in [-0.3, -0.25) is 0 Å². The summed E-state index contributed by atoms with van der Waals surface area (Å²) in [7, 11) is 0. The highest BCUT2D eigenvalue weighted by Gasteiger charge is 2.22. The molecule has 2 heteroatoms. The van der Waals surface area contributed by atoms with Crippen molar-refractivity contribution in [1.29, 1.82) is 0 Å². The third kappa shape index (κ3) is 5.12. The molecule has 2 nitrogen and oxygen atoms in total. The van der Waals surface area contributed by atoms with Crippen molar-refractivity contribution < 1.29 is 0 Å². The molecule has 1 aromatic heterocycles. The average molecular weight is 661 g/mol. The summed E-state index contributed by atoms with van der Waals surface area (Å²) in [4.78, 5) is 10.4. The zero-order valence-electron chi connectivity index (χ0n) is 28.4. The molecule has 0 unspecified atom stereocenters. The van der Waals surface area contributed by atoms with Crippen LogP contribution in [0.4, 0.5) is 0 Å². The van der Waals surface area contributed by atoms with Crippen molar-refractivity contribution >= 4 is 10.8 Å². The Morgan fingerprint density at radius 3 is 1.46 bits per heavy atom. The predicted molar refractivity (Wildman–Crippen MR) is 217 cm³/mol. The maximum absolute atomic E-state index is 5.24. The molecule has 242 valence electrons. The fraction of sp³-hybridized carbons (Fsp3) is 0. The molecule has 0 N–H and O–H groups in total. The van der Waals surface area contributed by atoms with E-state index < -0.39 is 0 Å². The Bertz CT molecular complexity index is 2740. The van der Waals surface area contributed by atoms with Crippen molar-refractivity contribution in [2.24, 2.45) is 0 Å². The molecule has 0 amide bonds. The minimum Gasteiger partial charge on any atom is -0.228 e. The van der Waals surface area contributed by atoms with Gasteiger partial charge >= 0.3 is 0 Å². The molecule has 0 saturated heterocycles. The number of benzene rings is 8. The standard InChI is InChI=1S/C50H32N2/c1-3-13-33(14-4-1)34-25-27-36(28-26-34)50-51-47(35-15-5-2-6-16-35)32-48(52-50)43-22-10-7-19-39(43)37-17-11-18-38(31-37)40-29-30-46-42-21-9-8-20-41(42)45-24-12-23-44(40)49(45)46/h1-32H. The summed E-state index contributed by atoms with van der Waals surface area (Å²) in [5.41, 5.74) is 17.2. The van der Waals surface area contributed by atoms with E-state index >= 15 is 0 Å². The van der Waals surface area contributed by atoms with Crippen molar-refractivity contribution in [3.05, 3.63) is 194 Å². The number of hydrogen-bond donors (Lipinski definition) is 0. The minimum atomic E-state index is 0.702. The van der Waals surface area contributed by atoms with Crippen LogP contribution in [0, 0.1) is 0 Å². The Balaban J connectivity index is 1.09. The number of nitrogens with zero attached hydrogens (tertiary/aromatic N) is 2. The van der Waals surface area contributed by atoms with Crippen molar-refractivity contribution in [2.45, 2.75) is 0 Å². The van der Waals surface area contributed by atoms with Crippen LogP contribution in [0.1, 0.15) is 0 Å². The first-order valence-electron chi connectivity index (χ1n) is 17.7. The topological polar surface area (TPSA) is 25.8 Å². The summed E-state index contributed by atoms with van der Waals surface area (Å²) in [6, 6.07) is 69.1. The van der Waals surface area contributed by atoms with Crippen LogP contribution in [0.15, 0.2) is 194 Å². The Labute approximate surface area is 303 Å². The molecule has 0 aliphatic heterocycles. The highest BCUT2D eigenvalue weighted by molar-refractivity contribution is 6.18. The fourth-order valence-electron chi connectivity index (χ4n) is 7.79. The molecule has 52 heavy (non-hydrogen) atoms. The molecule has 0 fully saturated rings. The Morgan fingerprint density at radius 2 is 0.731 bits per heavy atom. The fourth-order valence-corrected chi connectivity index (χ4v) is 7.79. The Kier molecular flexibility index (Phi) is 7.18. The largest absolute Gasteiger partial charge is 0.228 e. The van der Waals surface area contributed by atoms with E-state index in [0.29, 0.717) is 5.82 Å². The molecule has 8 aromatic carbocycles. The highest BCUT2D eigenvalue weighted by atomic mass is 14.9. The van der Waals surface area contributed by atoms with Crippen LogP contribution < -0.4 is 0 Å². The molecular formula is C50H32N2. The molecule has 0 saturated carbocycles. The molecule has 9 aromatic rings. The zero-order chi connectivity index (χ0) is 34.4. The van der Waals surface area contributed by atoms with E-state index in [2.05, 4.69) is 182 Å². The lowest BCUT2D eigenvalue weighted by molar-refractivity contribution is 1.18. The number of fused-ring (bicyclic) bond motifs is 3. The van der Waals surface area contributed by atoms with Gasteiger partial charge in [0.25, 0.3) is 0 Å². The van der Waals surface area contributed by atoms with Crippen molar-refractivity contribution in [1.82, 2.24) is 9.97 Å². The van der Waals surface area contributed by atoms with Gasteiger partial charge in [0.15, 0.2) is 5.82 Å². The monoisotopic (exact) mass is 660 g/mol. The van der Waals surface area contributed by atoms with Crippen LogP contribution >= 0.6 is 0 Å². The SMILES string of the molecule is c1ccc(-c2ccc(-c3nc(-c4ccccc4)cc(-c4ccccc4-c4cccc(-c5ccc6c7c(cccc57)-c5ccccc5-6)c4)n3)cc2)cc1. The lowest BCUT2D eigenvalue weighted by Gasteiger charge is -2.15. The third-order valence-corrected chi connectivity index (χ3v) is 10.3. The van der Waals surface area contributed by atoms with Crippen LogP contribution in [0.5, 0.6) is 0 Å². The van der Waals surface area contributed by atoms with Gasteiger partial charge < -0.3 is 0 Å². The molecule has 0 atom stereocenters. The van der Waals surface area contributed by atoms with Crippen LogP contribution in [-0.4, -0.2) is 9.97 Å². The second-order valence-corrected chi connectivity index (χ2v) is 13.3. The van der Waals surface area contributed by atoms with Crippen LogP contribution in [0.25, 0.3) is 100 Å². The number of rotatable bonds is 6. The van der Waals surface area contributed by atoms with Crippen molar-refractivity contribution in [2.75, 3.05) is 0 Å². The molecule has 1 aliphatic carbocycles. The normalized spacial score (nSPS) is 11.5. The summed E-state index contributed by atoms with van der Waals surface area (Å²) < 4.78 is 0. The summed E-state index contributed by atoms with van der Waals surface area (Å²) in [5.74, 6) is 0.702. The average Bonchev–Trinajstić information content (AvgIpc) is 3.56. The quantitative estimate of drug-likeness (QED) is 0.177. The van der Waals surface area contributed by atoms with E-state index in [4.69, 9.17) is 9.97 Å². The summed E-state index contributed by atoms with van der Waals surface area (Å²) in [6.45, 7) is 0. The van der Waals surface area contributed by atoms with Gasteiger partial charge in [-0.15, -0.1) is 0 Å². The number of hydrogen-bond acceptors (Lipinski definition) is 2. The molecule has 1 heterocycles. The van der Waals surface area contributed by atoms with Gasteiger partial charge in [-0.05, 0) is 78.5 Å². The van der Waals surface area contributed by atoms with Crippen LogP contribution in [0.2, 0.25) is 0 Å². The van der Waals surface area contributed by atoms with E-state index in [1.165, 1.54) is 55.3 Å². The van der Waals surface area contributed by atoms with Gasteiger partial charge in [0.2, 0.25) is 0 Å². The maximum Gasteiger partial charge on any atom is 0.160 e. The van der Waals surface area contributed by atoms with E-state index in [9.17, 15) is 0 Å². The Morgan fingerprint density at radius 1 is 0.250 bits per heavy atom. The summed E-state index contributed by atoms with van der Waals surface area (Å²) in [5, 5.41) is 2.62. The Hall–Kier alpha value is -6.90. The van der Waals surface area contributed by atoms with Gasteiger partial charge in [-0.2, -0.15) is 0 Å². The van der Waals surface area contributed by atoms with E-state index in [1.807, 2.05) is 12.1 Å².